The molecule has 24 heavy (non-hydrogen) atoms. The molecular weight excluding hydrogens is 307 g/mol. The van der Waals surface area contributed by atoms with Gasteiger partial charge in [-0.25, -0.2) is 4.39 Å². The number of carbonyl (C=O) groups is 2. The maximum Gasteiger partial charge on any atom is 0.256 e. The van der Waals surface area contributed by atoms with E-state index in [1.54, 1.807) is 37.3 Å². The number of aromatic nitrogens is 1. The Balaban J connectivity index is 2.00. The molecule has 0 spiro atoms. The van der Waals surface area contributed by atoms with Crippen LogP contribution in [-0.2, 0) is 0 Å². The quantitative estimate of drug-likeness (QED) is 0.737. The molecule has 0 radical (unpaired) electrons. The minimum absolute atomic E-state index is 0.0771. The van der Waals surface area contributed by atoms with E-state index in [1.165, 1.54) is 25.1 Å². The summed E-state index contributed by atoms with van der Waals surface area (Å²) in [6, 6.07) is 12.5. The van der Waals surface area contributed by atoms with Crippen molar-refractivity contribution in [3.63, 3.8) is 0 Å². The molecule has 0 aliphatic carbocycles. The maximum atomic E-state index is 13.4. The number of hydrogen-bond acceptors (Lipinski definition) is 3. The average molecular weight is 322 g/mol. The molecule has 3 aromatic rings. The number of amides is 1. The number of pyridine rings is 1. The van der Waals surface area contributed by atoms with Gasteiger partial charge in [-0.05, 0) is 44.2 Å². The molecule has 1 N–H and O–H groups in total. The first kappa shape index (κ1) is 15.8. The number of fused-ring (bicyclic) bond motifs is 1. The van der Waals surface area contributed by atoms with Gasteiger partial charge in [0, 0.05) is 28.4 Å². The van der Waals surface area contributed by atoms with Crippen LogP contribution in [0.4, 0.5) is 10.1 Å². The van der Waals surface area contributed by atoms with Crippen LogP contribution in [0.2, 0.25) is 0 Å². The van der Waals surface area contributed by atoms with Crippen LogP contribution in [0.25, 0.3) is 10.9 Å². The summed E-state index contributed by atoms with van der Waals surface area (Å²) in [6.07, 6.45) is 0. The Labute approximate surface area is 138 Å². The van der Waals surface area contributed by atoms with E-state index in [2.05, 4.69) is 10.3 Å². The van der Waals surface area contributed by atoms with Crippen LogP contribution in [0.15, 0.2) is 48.5 Å². The summed E-state index contributed by atoms with van der Waals surface area (Å²) in [5.41, 5.74) is 2.50. The van der Waals surface area contributed by atoms with Crippen LogP contribution in [0.1, 0.15) is 33.3 Å². The summed E-state index contributed by atoms with van der Waals surface area (Å²) in [5.74, 6) is -0.814. The zero-order chi connectivity index (χ0) is 17.3. The van der Waals surface area contributed by atoms with Crippen LogP contribution in [0.5, 0.6) is 0 Å². The van der Waals surface area contributed by atoms with Gasteiger partial charge < -0.3 is 5.32 Å². The van der Waals surface area contributed by atoms with Gasteiger partial charge in [0.2, 0.25) is 0 Å². The Morgan fingerprint density at radius 3 is 2.62 bits per heavy atom. The van der Waals surface area contributed by atoms with Gasteiger partial charge in [0.15, 0.2) is 5.78 Å². The standard InChI is InChI=1S/C19H15FN2O2/c1-11-8-17(16-7-6-14(20)10-18(16)21-11)19(24)22-15-5-3-4-13(9-15)12(2)23/h3-10H,1-2H3,(H,22,24). The van der Waals surface area contributed by atoms with Crippen molar-refractivity contribution in [3.05, 3.63) is 71.2 Å². The van der Waals surface area contributed by atoms with Gasteiger partial charge in [-0.15, -0.1) is 0 Å². The van der Waals surface area contributed by atoms with Crippen molar-refractivity contribution in [1.82, 2.24) is 4.98 Å². The summed E-state index contributed by atoms with van der Waals surface area (Å²) < 4.78 is 13.4. The van der Waals surface area contributed by atoms with E-state index < -0.39 is 5.82 Å². The van der Waals surface area contributed by atoms with E-state index in [0.717, 1.165) is 0 Å². The van der Waals surface area contributed by atoms with E-state index in [4.69, 9.17) is 0 Å². The van der Waals surface area contributed by atoms with E-state index in [9.17, 15) is 14.0 Å². The second kappa shape index (κ2) is 6.20. The molecular formula is C19H15FN2O2. The topological polar surface area (TPSA) is 59.1 Å². The molecule has 1 heterocycles. The number of benzene rings is 2. The van der Waals surface area contributed by atoms with Crippen molar-refractivity contribution < 1.29 is 14.0 Å². The van der Waals surface area contributed by atoms with Crippen molar-refractivity contribution in [3.8, 4) is 0 Å². The third-order valence-corrected chi connectivity index (χ3v) is 3.67. The minimum Gasteiger partial charge on any atom is -0.322 e. The molecule has 1 aromatic heterocycles. The number of Topliss-reactive ketones (excluding diaryl/α,β-unsaturated/α-hetero) is 1. The number of ketones is 1. The monoisotopic (exact) mass is 322 g/mol. The van der Waals surface area contributed by atoms with Crippen molar-refractivity contribution in [2.45, 2.75) is 13.8 Å². The summed E-state index contributed by atoms with van der Waals surface area (Å²) in [4.78, 5) is 28.3. The number of nitrogens with zero attached hydrogens (tertiary/aromatic N) is 1. The fourth-order valence-corrected chi connectivity index (χ4v) is 2.54. The zero-order valence-corrected chi connectivity index (χ0v) is 13.3. The summed E-state index contributed by atoms with van der Waals surface area (Å²) in [7, 11) is 0. The number of aryl methyl sites for hydroxylation is 1. The summed E-state index contributed by atoms with van der Waals surface area (Å²) >= 11 is 0. The molecule has 3 rings (SSSR count). The van der Waals surface area contributed by atoms with E-state index >= 15 is 0 Å². The van der Waals surface area contributed by atoms with Gasteiger partial charge in [-0.2, -0.15) is 0 Å². The average Bonchev–Trinajstić information content (AvgIpc) is 2.53. The Bertz CT molecular complexity index is 961. The lowest BCUT2D eigenvalue weighted by Gasteiger charge is -2.10. The number of carbonyl (C=O) groups excluding carboxylic acids is 2. The fourth-order valence-electron chi connectivity index (χ4n) is 2.54. The first-order chi connectivity index (χ1) is 11.4. The predicted molar refractivity (Wildman–Crippen MR) is 90.8 cm³/mol. The van der Waals surface area contributed by atoms with E-state index in [1.807, 2.05) is 0 Å². The Hall–Kier alpha value is -3.08. The van der Waals surface area contributed by atoms with Gasteiger partial charge in [0.1, 0.15) is 5.82 Å². The molecule has 0 unspecified atom stereocenters. The molecule has 1 amide bonds. The van der Waals surface area contributed by atoms with Gasteiger partial charge >= 0.3 is 0 Å². The Kier molecular flexibility index (Phi) is 4.08. The second-order valence-corrected chi connectivity index (χ2v) is 5.56. The SMILES string of the molecule is CC(=O)c1cccc(NC(=O)c2cc(C)nc3cc(F)ccc23)c1. The molecule has 120 valence electrons. The largest absolute Gasteiger partial charge is 0.322 e. The lowest BCUT2D eigenvalue weighted by Crippen LogP contribution is -2.13. The third-order valence-electron chi connectivity index (χ3n) is 3.67. The normalized spacial score (nSPS) is 10.6. The molecule has 0 saturated carbocycles. The van der Waals surface area contributed by atoms with Gasteiger partial charge in [-0.1, -0.05) is 12.1 Å². The number of rotatable bonds is 3. The van der Waals surface area contributed by atoms with Crippen LogP contribution in [0, 0.1) is 12.7 Å². The number of nitrogens with one attached hydrogen (secondary N) is 1. The van der Waals surface area contributed by atoms with Crippen molar-refractivity contribution >= 4 is 28.3 Å². The van der Waals surface area contributed by atoms with Crippen molar-refractivity contribution in [1.29, 1.82) is 0 Å². The van der Waals surface area contributed by atoms with E-state index in [0.29, 0.717) is 33.4 Å². The summed E-state index contributed by atoms with van der Waals surface area (Å²) in [5, 5.41) is 3.35. The van der Waals surface area contributed by atoms with Crippen LogP contribution >= 0.6 is 0 Å². The molecule has 0 aliphatic heterocycles. The van der Waals surface area contributed by atoms with Crippen LogP contribution in [-0.4, -0.2) is 16.7 Å². The first-order valence-corrected chi connectivity index (χ1v) is 7.43. The highest BCUT2D eigenvalue weighted by Crippen LogP contribution is 2.21. The van der Waals surface area contributed by atoms with Gasteiger partial charge in [0.25, 0.3) is 5.91 Å². The molecule has 5 heteroatoms. The Morgan fingerprint density at radius 2 is 1.88 bits per heavy atom. The second-order valence-electron chi connectivity index (χ2n) is 5.56. The third kappa shape index (κ3) is 3.15. The minimum atomic E-state index is -0.402. The maximum absolute atomic E-state index is 13.4. The van der Waals surface area contributed by atoms with Crippen LogP contribution < -0.4 is 5.32 Å². The molecule has 0 saturated heterocycles. The number of anilines is 1. The highest BCUT2D eigenvalue weighted by molar-refractivity contribution is 6.12. The van der Waals surface area contributed by atoms with Crippen molar-refractivity contribution in [2.24, 2.45) is 0 Å². The number of hydrogen-bond donors (Lipinski definition) is 1. The van der Waals surface area contributed by atoms with E-state index in [-0.39, 0.29) is 11.7 Å². The molecule has 0 fully saturated rings. The smallest absolute Gasteiger partial charge is 0.256 e. The molecule has 0 bridgehead atoms. The lowest BCUT2D eigenvalue weighted by molar-refractivity contribution is 0.101. The van der Waals surface area contributed by atoms with Gasteiger partial charge in [-0.3, -0.25) is 14.6 Å². The number of halogens is 1. The molecule has 2 aromatic carbocycles. The zero-order valence-electron chi connectivity index (χ0n) is 13.3. The lowest BCUT2D eigenvalue weighted by atomic mass is 10.1. The fraction of sp³-hybridized carbons (Fsp3) is 0.105. The molecule has 4 nitrogen and oxygen atoms in total. The molecule has 0 atom stereocenters. The predicted octanol–water partition coefficient (Wildman–Crippen LogP) is 4.14. The van der Waals surface area contributed by atoms with Gasteiger partial charge in [0.05, 0.1) is 11.1 Å². The summed E-state index contributed by atoms with van der Waals surface area (Å²) in [6.45, 7) is 3.21. The molecule has 0 aliphatic rings. The van der Waals surface area contributed by atoms with Crippen LogP contribution in [0.3, 0.4) is 0 Å². The highest BCUT2D eigenvalue weighted by Gasteiger charge is 2.13. The van der Waals surface area contributed by atoms with Crippen molar-refractivity contribution in [2.75, 3.05) is 5.32 Å². The Morgan fingerprint density at radius 1 is 1.08 bits per heavy atom. The highest BCUT2D eigenvalue weighted by atomic mass is 19.1. The first-order valence-electron chi connectivity index (χ1n) is 7.43.